The van der Waals surface area contributed by atoms with Gasteiger partial charge in [0.05, 0.1) is 11.3 Å². The number of amides is 4. The third-order valence-electron chi connectivity index (χ3n) is 5.81. The predicted octanol–water partition coefficient (Wildman–Crippen LogP) is 5.98. The number of thioether (sulfide) groups is 1. The van der Waals surface area contributed by atoms with E-state index in [0.29, 0.717) is 16.3 Å². The van der Waals surface area contributed by atoms with Gasteiger partial charge in [0.2, 0.25) is 0 Å². The van der Waals surface area contributed by atoms with Gasteiger partial charge in [0.15, 0.2) is 0 Å². The predicted molar refractivity (Wildman–Crippen MR) is 135 cm³/mol. The zero-order chi connectivity index (χ0) is 26.9. The second-order valence-corrected chi connectivity index (χ2v) is 9.75. The van der Waals surface area contributed by atoms with Crippen LogP contribution in [-0.4, -0.2) is 46.3 Å². The van der Waals surface area contributed by atoms with Crippen LogP contribution in [0, 0.1) is 0 Å². The lowest BCUT2D eigenvalue weighted by atomic mass is 10.1. The van der Waals surface area contributed by atoms with Crippen LogP contribution in [0.3, 0.4) is 0 Å². The van der Waals surface area contributed by atoms with Crippen LogP contribution in [0.5, 0.6) is 0 Å². The van der Waals surface area contributed by atoms with Crippen molar-refractivity contribution in [3.8, 4) is 0 Å². The van der Waals surface area contributed by atoms with E-state index in [4.69, 9.17) is 11.6 Å². The van der Waals surface area contributed by atoms with Gasteiger partial charge in [-0.15, -0.1) is 0 Å². The van der Waals surface area contributed by atoms with Crippen LogP contribution in [0.4, 0.5) is 29.3 Å². The quantitative estimate of drug-likeness (QED) is 0.280. The zero-order valence-corrected chi connectivity index (χ0v) is 21.1. The van der Waals surface area contributed by atoms with E-state index in [9.17, 15) is 27.6 Å². The van der Waals surface area contributed by atoms with Crippen molar-refractivity contribution < 1.29 is 27.6 Å². The fourth-order valence-electron chi connectivity index (χ4n) is 3.85. The second kappa shape index (κ2) is 10.4. The number of carbonyl (C=O) groups excluding carboxylic acids is 3. The minimum Gasteiger partial charge on any atom is -0.311 e. The molecule has 1 aliphatic heterocycles. The molecule has 0 N–H and O–H groups in total. The largest absolute Gasteiger partial charge is 0.446 e. The first kappa shape index (κ1) is 26.5. The zero-order valence-electron chi connectivity index (χ0n) is 19.6. The molecule has 0 aliphatic carbocycles. The summed E-state index contributed by atoms with van der Waals surface area (Å²) in [6, 6.07) is 11.8. The maximum absolute atomic E-state index is 13.3. The number of pyridine rings is 1. The molecular weight excluding hydrogens is 529 g/mol. The molecule has 1 aliphatic rings. The number of hydrogen-bond acceptors (Lipinski definition) is 5. The molecule has 2 heterocycles. The molecule has 0 bridgehead atoms. The first-order chi connectivity index (χ1) is 17.5. The number of alkyl halides is 3. The summed E-state index contributed by atoms with van der Waals surface area (Å²) in [4.78, 5) is 47.1. The van der Waals surface area contributed by atoms with Crippen molar-refractivity contribution in [1.82, 2.24) is 9.88 Å². The van der Waals surface area contributed by atoms with Crippen LogP contribution in [0.15, 0.2) is 71.9 Å². The third kappa shape index (κ3) is 5.72. The van der Waals surface area contributed by atoms with Gasteiger partial charge >= 0.3 is 11.5 Å². The molecule has 7 nitrogen and oxygen atoms in total. The van der Waals surface area contributed by atoms with Gasteiger partial charge < -0.3 is 9.80 Å². The number of nitrogens with zero attached hydrogens (tertiary/aromatic N) is 4. The van der Waals surface area contributed by atoms with Crippen LogP contribution >= 0.6 is 23.4 Å². The highest BCUT2D eigenvalue weighted by atomic mass is 35.5. The molecule has 1 atom stereocenters. The minimum atomic E-state index is -4.45. The average Bonchev–Trinajstić information content (AvgIpc) is 3.06. The van der Waals surface area contributed by atoms with Crippen molar-refractivity contribution in [2.75, 3.05) is 16.8 Å². The number of hydrogen-bond donors (Lipinski definition) is 0. The molecule has 1 unspecified atom stereocenters. The van der Waals surface area contributed by atoms with Crippen LogP contribution in [0.25, 0.3) is 0 Å². The molecule has 1 aromatic heterocycles. The highest BCUT2D eigenvalue weighted by Gasteiger charge is 2.43. The maximum Gasteiger partial charge on any atom is 0.446 e. The standard InChI is InChI=1S/C25H20ClF3N4O3S/c1-15-22(34)33(19-7-9-20(10-8-19)37-25(27,28)29)24(36)32(15)14-16-11-12-30-13-21(16)23(35)31(2)18-5-3-17(26)4-6-18/h3-13,15H,14H2,1-2H3. The summed E-state index contributed by atoms with van der Waals surface area (Å²) >= 11 is 5.65. The Morgan fingerprint density at radius 3 is 2.35 bits per heavy atom. The van der Waals surface area contributed by atoms with E-state index in [2.05, 4.69) is 4.98 Å². The third-order valence-corrected chi connectivity index (χ3v) is 6.80. The Balaban J connectivity index is 1.56. The molecule has 0 radical (unpaired) electrons. The van der Waals surface area contributed by atoms with Gasteiger partial charge in [0.25, 0.3) is 11.8 Å². The van der Waals surface area contributed by atoms with E-state index >= 15 is 0 Å². The Bertz CT molecular complexity index is 1340. The monoisotopic (exact) mass is 548 g/mol. The van der Waals surface area contributed by atoms with Gasteiger partial charge in [-0.2, -0.15) is 13.2 Å². The molecule has 192 valence electrons. The summed E-state index contributed by atoms with van der Waals surface area (Å²) in [6.07, 6.45) is 2.88. The minimum absolute atomic E-state index is 0.0533. The van der Waals surface area contributed by atoms with E-state index in [0.717, 1.165) is 4.90 Å². The van der Waals surface area contributed by atoms with Crippen molar-refractivity contribution in [2.24, 2.45) is 0 Å². The van der Waals surface area contributed by atoms with Gasteiger partial charge in [0.1, 0.15) is 6.04 Å². The number of carbonyl (C=O) groups is 3. The van der Waals surface area contributed by atoms with Crippen molar-refractivity contribution in [3.63, 3.8) is 0 Å². The number of imide groups is 1. The summed E-state index contributed by atoms with van der Waals surface area (Å²) in [5, 5.41) is 0.524. The number of anilines is 2. The lowest BCUT2D eigenvalue weighted by Gasteiger charge is -2.23. The number of aromatic nitrogens is 1. The Kier molecular flexibility index (Phi) is 7.47. The normalized spacial score (nSPS) is 15.9. The van der Waals surface area contributed by atoms with E-state index in [1.165, 1.54) is 46.5 Å². The molecule has 4 amide bonds. The lowest BCUT2D eigenvalue weighted by molar-refractivity contribution is -0.119. The highest BCUT2D eigenvalue weighted by Crippen LogP contribution is 2.38. The topological polar surface area (TPSA) is 73.8 Å². The van der Waals surface area contributed by atoms with E-state index < -0.39 is 23.5 Å². The summed E-state index contributed by atoms with van der Waals surface area (Å²) in [5.41, 5.74) is -2.97. The molecule has 37 heavy (non-hydrogen) atoms. The van der Waals surface area contributed by atoms with Gasteiger partial charge in [-0.1, -0.05) is 11.6 Å². The SMILES string of the molecule is CC1C(=O)N(c2ccc(SC(F)(F)F)cc2)C(=O)N1Cc1ccncc1C(=O)N(C)c1ccc(Cl)cc1. The van der Waals surface area contributed by atoms with E-state index in [1.54, 1.807) is 44.3 Å². The first-order valence-electron chi connectivity index (χ1n) is 10.9. The Hall–Kier alpha value is -3.57. The maximum atomic E-state index is 13.3. The van der Waals surface area contributed by atoms with E-state index in [-0.39, 0.29) is 40.4 Å². The molecule has 0 saturated carbocycles. The van der Waals surface area contributed by atoms with Gasteiger partial charge in [-0.05, 0) is 78.8 Å². The van der Waals surface area contributed by atoms with Gasteiger partial charge in [0, 0.05) is 41.6 Å². The smallest absolute Gasteiger partial charge is 0.311 e. The first-order valence-corrected chi connectivity index (χ1v) is 12.1. The number of rotatable bonds is 6. The summed E-state index contributed by atoms with van der Waals surface area (Å²) in [5.74, 6) is -0.896. The Morgan fingerprint density at radius 1 is 1.08 bits per heavy atom. The van der Waals surface area contributed by atoms with Crippen molar-refractivity contribution in [2.45, 2.75) is 29.9 Å². The molecule has 3 aromatic rings. The Morgan fingerprint density at radius 2 is 1.73 bits per heavy atom. The van der Waals surface area contributed by atoms with E-state index in [1.807, 2.05) is 0 Å². The Labute approximate surface area is 219 Å². The summed E-state index contributed by atoms with van der Waals surface area (Å²) in [7, 11) is 1.60. The van der Waals surface area contributed by atoms with Gasteiger partial charge in [-0.3, -0.25) is 14.6 Å². The molecule has 2 aromatic carbocycles. The van der Waals surface area contributed by atoms with Crippen LogP contribution in [-0.2, 0) is 11.3 Å². The molecule has 0 spiro atoms. The average molecular weight is 549 g/mol. The molecule has 1 saturated heterocycles. The van der Waals surface area contributed by atoms with Crippen molar-refractivity contribution in [3.05, 3.63) is 83.1 Å². The summed E-state index contributed by atoms with van der Waals surface area (Å²) < 4.78 is 37.9. The van der Waals surface area contributed by atoms with Crippen molar-refractivity contribution >= 4 is 52.6 Å². The molecule has 12 heteroatoms. The number of benzene rings is 2. The number of urea groups is 1. The fraction of sp³-hybridized carbons (Fsp3) is 0.200. The second-order valence-electron chi connectivity index (χ2n) is 8.18. The lowest BCUT2D eigenvalue weighted by Crippen LogP contribution is -2.35. The molecule has 1 fully saturated rings. The molecule has 4 rings (SSSR count). The fourth-order valence-corrected chi connectivity index (χ4v) is 4.51. The van der Waals surface area contributed by atoms with Crippen LogP contribution in [0.2, 0.25) is 5.02 Å². The summed E-state index contributed by atoms with van der Waals surface area (Å²) in [6.45, 7) is 1.50. The van der Waals surface area contributed by atoms with Crippen LogP contribution < -0.4 is 9.80 Å². The molecular formula is C25H20ClF3N4O3S. The van der Waals surface area contributed by atoms with Crippen LogP contribution in [0.1, 0.15) is 22.8 Å². The van der Waals surface area contributed by atoms with Gasteiger partial charge in [-0.25, -0.2) is 9.69 Å². The number of halogens is 4. The van der Waals surface area contributed by atoms with Crippen molar-refractivity contribution in [1.29, 1.82) is 0 Å². The highest BCUT2D eigenvalue weighted by molar-refractivity contribution is 8.00.